The summed E-state index contributed by atoms with van der Waals surface area (Å²) in [4.78, 5) is 11.8. The van der Waals surface area contributed by atoms with Crippen LogP contribution in [0.1, 0.15) is 35.3 Å². The van der Waals surface area contributed by atoms with Crippen LogP contribution in [0.4, 0.5) is 4.39 Å². The first-order valence-corrected chi connectivity index (χ1v) is 5.34. The maximum absolute atomic E-state index is 13.8. The quantitative estimate of drug-likeness (QED) is 0.795. The summed E-state index contributed by atoms with van der Waals surface area (Å²) in [6, 6.07) is 5.17. The van der Waals surface area contributed by atoms with Crippen LogP contribution in [0.5, 0.6) is 0 Å². The molecule has 0 radical (unpaired) electrons. The van der Waals surface area contributed by atoms with Crippen molar-refractivity contribution in [3.05, 3.63) is 34.9 Å². The van der Waals surface area contributed by atoms with Crippen LogP contribution in [0.2, 0.25) is 0 Å². The highest BCUT2D eigenvalue weighted by Crippen LogP contribution is 2.26. The zero-order valence-electron chi connectivity index (χ0n) is 10.2. The van der Waals surface area contributed by atoms with Crippen molar-refractivity contribution < 1.29 is 9.18 Å². The number of hydrogen-bond donors (Lipinski definition) is 1. The van der Waals surface area contributed by atoms with Crippen molar-refractivity contribution in [3.63, 3.8) is 0 Å². The second-order valence-electron chi connectivity index (χ2n) is 4.46. The topological polar surface area (TPSA) is 29.1 Å². The minimum absolute atomic E-state index is 0.00824. The predicted molar refractivity (Wildman–Crippen MR) is 63.6 cm³/mol. The standard InChI is InChI=1S/C13H18FNO/c1-9-5-6-10(13(2,3)14)7-11(9)12(16)8-15-4/h5-7,15H,8H2,1-4H3. The zero-order chi connectivity index (χ0) is 12.3. The van der Waals surface area contributed by atoms with Gasteiger partial charge in [-0.25, -0.2) is 4.39 Å². The number of nitrogens with one attached hydrogen (secondary N) is 1. The third-order valence-corrected chi connectivity index (χ3v) is 2.56. The smallest absolute Gasteiger partial charge is 0.176 e. The number of carbonyl (C=O) groups excluding carboxylic acids is 1. The Labute approximate surface area is 95.9 Å². The van der Waals surface area contributed by atoms with Crippen molar-refractivity contribution in [2.75, 3.05) is 13.6 Å². The van der Waals surface area contributed by atoms with E-state index in [0.29, 0.717) is 11.1 Å². The number of aryl methyl sites for hydroxylation is 1. The Hall–Kier alpha value is -1.22. The highest BCUT2D eigenvalue weighted by molar-refractivity contribution is 5.99. The monoisotopic (exact) mass is 223 g/mol. The van der Waals surface area contributed by atoms with E-state index in [1.807, 2.05) is 6.92 Å². The van der Waals surface area contributed by atoms with Gasteiger partial charge in [0.05, 0.1) is 6.54 Å². The molecule has 0 amide bonds. The van der Waals surface area contributed by atoms with E-state index in [-0.39, 0.29) is 12.3 Å². The van der Waals surface area contributed by atoms with E-state index >= 15 is 0 Å². The highest BCUT2D eigenvalue weighted by atomic mass is 19.1. The minimum atomic E-state index is -1.41. The first-order valence-electron chi connectivity index (χ1n) is 5.34. The average Bonchev–Trinajstić information content (AvgIpc) is 2.16. The molecule has 16 heavy (non-hydrogen) atoms. The fraction of sp³-hybridized carbons (Fsp3) is 0.462. The van der Waals surface area contributed by atoms with Crippen LogP contribution < -0.4 is 5.32 Å². The molecule has 0 bridgehead atoms. The molecule has 0 saturated heterocycles. The summed E-state index contributed by atoms with van der Waals surface area (Å²) in [6.07, 6.45) is 0. The van der Waals surface area contributed by atoms with Gasteiger partial charge in [0, 0.05) is 5.56 Å². The van der Waals surface area contributed by atoms with E-state index in [4.69, 9.17) is 0 Å². The van der Waals surface area contributed by atoms with Gasteiger partial charge in [-0.1, -0.05) is 12.1 Å². The average molecular weight is 223 g/mol. The Balaban J connectivity index is 3.14. The van der Waals surface area contributed by atoms with Gasteiger partial charge in [0.2, 0.25) is 0 Å². The van der Waals surface area contributed by atoms with Crippen LogP contribution in [0, 0.1) is 6.92 Å². The SMILES string of the molecule is CNCC(=O)c1cc(C(C)(C)F)ccc1C. The van der Waals surface area contributed by atoms with Gasteiger partial charge in [-0.15, -0.1) is 0 Å². The lowest BCUT2D eigenvalue weighted by atomic mass is 9.94. The molecule has 0 aromatic heterocycles. The molecule has 1 N–H and O–H groups in total. The van der Waals surface area contributed by atoms with Gasteiger partial charge in [-0.2, -0.15) is 0 Å². The molecule has 0 aliphatic carbocycles. The molecule has 0 saturated carbocycles. The van der Waals surface area contributed by atoms with Crippen molar-refractivity contribution in [2.45, 2.75) is 26.4 Å². The summed E-state index contributed by atoms with van der Waals surface area (Å²) in [5, 5.41) is 2.81. The molecule has 0 spiro atoms. The van der Waals surface area contributed by atoms with Crippen molar-refractivity contribution >= 4 is 5.78 Å². The van der Waals surface area contributed by atoms with E-state index in [1.54, 1.807) is 25.2 Å². The fourth-order valence-corrected chi connectivity index (χ4v) is 1.55. The van der Waals surface area contributed by atoms with Gasteiger partial charge in [0.15, 0.2) is 5.78 Å². The lowest BCUT2D eigenvalue weighted by Crippen LogP contribution is -2.20. The molecule has 0 heterocycles. The van der Waals surface area contributed by atoms with E-state index < -0.39 is 5.67 Å². The largest absolute Gasteiger partial charge is 0.313 e. The lowest BCUT2D eigenvalue weighted by Gasteiger charge is -2.16. The molecule has 0 aliphatic heterocycles. The summed E-state index contributed by atoms with van der Waals surface area (Å²) < 4.78 is 13.8. The third kappa shape index (κ3) is 2.89. The number of halogens is 1. The molecular formula is C13H18FNO. The maximum atomic E-state index is 13.8. The Morgan fingerprint density at radius 1 is 1.44 bits per heavy atom. The molecule has 2 nitrogen and oxygen atoms in total. The Bertz CT molecular complexity index is 393. The van der Waals surface area contributed by atoms with E-state index in [1.165, 1.54) is 13.8 Å². The van der Waals surface area contributed by atoms with Crippen LogP contribution in [0.25, 0.3) is 0 Å². The number of carbonyl (C=O) groups is 1. The van der Waals surface area contributed by atoms with Crippen molar-refractivity contribution in [1.29, 1.82) is 0 Å². The van der Waals surface area contributed by atoms with Crippen molar-refractivity contribution in [3.8, 4) is 0 Å². The van der Waals surface area contributed by atoms with Gasteiger partial charge in [0.1, 0.15) is 5.67 Å². The normalized spacial score (nSPS) is 11.6. The van der Waals surface area contributed by atoms with Crippen molar-refractivity contribution in [2.24, 2.45) is 0 Å². The molecule has 1 rings (SSSR count). The summed E-state index contributed by atoms with van der Waals surface area (Å²) in [7, 11) is 1.72. The van der Waals surface area contributed by atoms with Gasteiger partial charge < -0.3 is 5.32 Å². The fourth-order valence-electron chi connectivity index (χ4n) is 1.55. The number of alkyl halides is 1. The maximum Gasteiger partial charge on any atom is 0.176 e. The number of likely N-dealkylation sites (N-methyl/N-ethyl adjacent to an activating group) is 1. The van der Waals surface area contributed by atoms with Gasteiger partial charge in [-0.05, 0) is 45.0 Å². The zero-order valence-corrected chi connectivity index (χ0v) is 10.2. The van der Waals surface area contributed by atoms with Gasteiger partial charge in [0.25, 0.3) is 0 Å². The molecule has 88 valence electrons. The summed E-state index contributed by atoms with van der Waals surface area (Å²) >= 11 is 0. The first kappa shape index (κ1) is 12.8. The molecule has 0 aliphatic rings. The van der Waals surface area contributed by atoms with Crippen LogP contribution in [-0.4, -0.2) is 19.4 Å². The second-order valence-corrected chi connectivity index (χ2v) is 4.46. The highest BCUT2D eigenvalue weighted by Gasteiger charge is 2.20. The summed E-state index contributed by atoms with van der Waals surface area (Å²) in [6.45, 7) is 5.11. The number of Topliss-reactive ketones (excluding diaryl/α,β-unsaturated/α-hetero) is 1. The molecule has 1 aromatic rings. The van der Waals surface area contributed by atoms with Crippen LogP contribution >= 0.6 is 0 Å². The first-order chi connectivity index (χ1) is 7.36. The van der Waals surface area contributed by atoms with E-state index in [2.05, 4.69) is 5.32 Å². The molecule has 1 aromatic carbocycles. The van der Waals surface area contributed by atoms with Crippen LogP contribution in [0.3, 0.4) is 0 Å². The number of ketones is 1. The van der Waals surface area contributed by atoms with Gasteiger partial charge >= 0.3 is 0 Å². The minimum Gasteiger partial charge on any atom is -0.313 e. The Morgan fingerprint density at radius 3 is 2.56 bits per heavy atom. The molecule has 0 atom stereocenters. The molecular weight excluding hydrogens is 205 g/mol. The number of hydrogen-bond acceptors (Lipinski definition) is 2. The van der Waals surface area contributed by atoms with Gasteiger partial charge in [-0.3, -0.25) is 4.79 Å². The van der Waals surface area contributed by atoms with Crippen LogP contribution in [-0.2, 0) is 5.67 Å². The number of rotatable bonds is 4. The lowest BCUT2D eigenvalue weighted by molar-refractivity contribution is 0.0992. The van der Waals surface area contributed by atoms with E-state index in [9.17, 15) is 9.18 Å². The Kier molecular flexibility index (Phi) is 3.81. The Morgan fingerprint density at radius 2 is 2.06 bits per heavy atom. The third-order valence-electron chi connectivity index (χ3n) is 2.56. The summed E-state index contributed by atoms with van der Waals surface area (Å²) in [5.74, 6) is -0.00824. The second kappa shape index (κ2) is 4.74. The van der Waals surface area contributed by atoms with Crippen LogP contribution in [0.15, 0.2) is 18.2 Å². The molecule has 3 heteroatoms. The van der Waals surface area contributed by atoms with Crippen molar-refractivity contribution in [1.82, 2.24) is 5.32 Å². The molecule has 0 unspecified atom stereocenters. The number of benzene rings is 1. The van der Waals surface area contributed by atoms with E-state index in [0.717, 1.165) is 5.56 Å². The predicted octanol–water partition coefficient (Wildman–Crippen LogP) is 2.60. The summed E-state index contributed by atoms with van der Waals surface area (Å²) in [5.41, 5.74) is 0.603. The molecule has 0 fully saturated rings.